The molecule has 1 aromatic carbocycles. The Kier molecular flexibility index (Phi) is 6.99. The highest BCUT2D eigenvalue weighted by Gasteiger charge is 2.38. The van der Waals surface area contributed by atoms with E-state index in [-0.39, 0.29) is 11.4 Å². The summed E-state index contributed by atoms with van der Waals surface area (Å²) in [7, 11) is 0. The van der Waals surface area contributed by atoms with Crippen LogP contribution in [0.25, 0.3) is 0 Å². The van der Waals surface area contributed by atoms with Crippen LogP contribution in [-0.4, -0.2) is 22.4 Å². The molecule has 0 radical (unpaired) electrons. The van der Waals surface area contributed by atoms with Crippen molar-refractivity contribution in [3.8, 4) is 0 Å². The molecule has 0 aliphatic rings. The molecule has 1 aromatic rings. The van der Waals surface area contributed by atoms with Gasteiger partial charge in [0.25, 0.3) is 0 Å². The number of hydrogen-bond acceptors (Lipinski definition) is 4. The Morgan fingerprint density at radius 3 is 2.00 bits per heavy atom. The largest absolute Gasteiger partial charge is 0.460 e. The fraction of sp³-hybridized carbons (Fsp3) is 0.650. The molecule has 0 heterocycles. The first-order valence-corrected chi connectivity index (χ1v) is 9.65. The van der Waals surface area contributed by atoms with Crippen molar-refractivity contribution in [3.63, 3.8) is 0 Å². The maximum Gasteiger partial charge on any atom is 0.312 e. The Balaban J connectivity index is 2.66. The van der Waals surface area contributed by atoms with Gasteiger partial charge >= 0.3 is 5.97 Å². The zero-order chi connectivity index (χ0) is 19.5. The van der Waals surface area contributed by atoms with Crippen LogP contribution in [0, 0.1) is 17.8 Å². The molecule has 0 saturated carbocycles. The van der Waals surface area contributed by atoms with Crippen LogP contribution in [0.4, 0.5) is 0 Å². The molecule has 0 N–H and O–H groups in total. The molecule has 4 nitrogen and oxygen atoms in total. The summed E-state index contributed by atoms with van der Waals surface area (Å²) in [5.41, 5.74) is -0.367. The van der Waals surface area contributed by atoms with Crippen LogP contribution in [-0.2, 0) is 24.8 Å². The van der Waals surface area contributed by atoms with Gasteiger partial charge in [-0.05, 0) is 65.5 Å². The standard InChI is InChI=1S/C20H32O4S/c1-15-9-11-16(12-10-15)25(22)23-14-19(5,6)13-20(7,8)17(21)24-18(2,3)4/h9-12H,13-14H2,1-8H3. The summed E-state index contributed by atoms with van der Waals surface area (Å²) in [5.74, 6) is -0.229. The lowest BCUT2D eigenvalue weighted by molar-refractivity contribution is -0.167. The maximum absolute atomic E-state index is 12.4. The lowest BCUT2D eigenvalue weighted by Crippen LogP contribution is -2.38. The van der Waals surface area contributed by atoms with Gasteiger partial charge in [0.05, 0.1) is 16.9 Å². The van der Waals surface area contributed by atoms with Crippen molar-refractivity contribution in [2.75, 3.05) is 6.61 Å². The third-order valence-corrected chi connectivity index (χ3v) is 4.63. The van der Waals surface area contributed by atoms with Crippen LogP contribution < -0.4 is 0 Å². The summed E-state index contributed by atoms with van der Waals surface area (Å²) >= 11 is -1.51. The van der Waals surface area contributed by atoms with Crippen molar-refractivity contribution < 1.29 is 17.9 Å². The van der Waals surface area contributed by atoms with E-state index < -0.39 is 22.1 Å². The quantitative estimate of drug-likeness (QED) is 0.648. The van der Waals surface area contributed by atoms with Gasteiger partial charge in [-0.25, -0.2) is 4.21 Å². The molecule has 0 spiro atoms. The minimum atomic E-state index is -1.51. The molecule has 0 amide bonds. The van der Waals surface area contributed by atoms with E-state index in [2.05, 4.69) is 0 Å². The van der Waals surface area contributed by atoms with Gasteiger partial charge in [-0.15, -0.1) is 0 Å². The topological polar surface area (TPSA) is 52.6 Å². The van der Waals surface area contributed by atoms with Crippen molar-refractivity contribution in [1.82, 2.24) is 0 Å². The number of esters is 1. The van der Waals surface area contributed by atoms with E-state index >= 15 is 0 Å². The second kappa shape index (κ2) is 8.00. The Bertz CT molecular complexity index is 610. The number of carbonyl (C=O) groups excluding carboxylic acids is 1. The van der Waals surface area contributed by atoms with Crippen molar-refractivity contribution in [3.05, 3.63) is 29.8 Å². The third-order valence-electron chi connectivity index (χ3n) is 3.64. The molecule has 0 saturated heterocycles. The van der Waals surface area contributed by atoms with Crippen LogP contribution in [0.2, 0.25) is 0 Å². The van der Waals surface area contributed by atoms with E-state index in [0.29, 0.717) is 17.9 Å². The highest BCUT2D eigenvalue weighted by molar-refractivity contribution is 7.80. The number of ether oxygens (including phenoxy) is 1. The van der Waals surface area contributed by atoms with Crippen LogP contribution in [0.3, 0.4) is 0 Å². The van der Waals surface area contributed by atoms with Crippen molar-refractivity contribution >= 4 is 17.0 Å². The van der Waals surface area contributed by atoms with Crippen LogP contribution >= 0.6 is 0 Å². The molecule has 0 aromatic heterocycles. The van der Waals surface area contributed by atoms with E-state index in [1.165, 1.54) is 0 Å². The molecule has 1 rings (SSSR count). The second-order valence-electron chi connectivity index (χ2n) is 9.04. The number of aryl methyl sites for hydroxylation is 1. The number of rotatable bonds is 7. The molecular formula is C20H32O4S. The van der Waals surface area contributed by atoms with E-state index in [9.17, 15) is 9.00 Å². The summed E-state index contributed by atoms with van der Waals surface area (Å²) in [5, 5.41) is 0. The lowest BCUT2D eigenvalue weighted by atomic mass is 9.75. The van der Waals surface area contributed by atoms with Gasteiger partial charge in [0, 0.05) is 0 Å². The molecule has 5 heteroatoms. The minimum absolute atomic E-state index is 0.229. The minimum Gasteiger partial charge on any atom is -0.460 e. The highest BCUT2D eigenvalue weighted by atomic mass is 32.2. The van der Waals surface area contributed by atoms with E-state index in [4.69, 9.17) is 8.92 Å². The molecular weight excluding hydrogens is 336 g/mol. The van der Waals surface area contributed by atoms with Gasteiger partial charge in [-0.2, -0.15) is 0 Å². The number of hydrogen-bond donors (Lipinski definition) is 0. The number of carbonyl (C=O) groups is 1. The van der Waals surface area contributed by atoms with Gasteiger partial charge in [0.15, 0.2) is 11.1 Å². The van der Waals surface area contributed by atoms with Crippen molar-refractivity contribution in [2.24, 2.45) is 10.8 Å². The molecule has 25 heavy (non-hydrogen) atoms. The summed E-state index contributed by atoms with van der Waals surface area (Å²) < 4.78 is 23.4. The van der Waals surface area contributed by atoms with Gasteiger partial charge in [-0.3, -0.25) is 8.98 Å². The first kappa shape index (κ1) is 21.8. The maximum atomic E-state index is 12.4. The highest BCUT2D eigenvalue weighted by Crippen LogP contribution is 2.36. The Hall–Kier alpha value is -1.20. The van der Waals surface area contributed by atoms with Gasteiger partial charge < -0.3 is 4.74 Å². The predicted molar refractivity (Wildman–Crippen MR) is 102 cm³/mol. The Labute approximate surface area is 155 Å². The average Bonchev–Trinajstić information content (AvgIpc) is 2.42. The summed E-state index contributed by atoms with van der Waals surface area (Å²) in [6, 6.07) is 7.44. The smallest absolute Gasteiger partial charge is 0.312 e. The molecule has 1 atom stereocenters. The molecule has 0 bridgehead atoms. The van der Waals surface area contributed by atoms with E-state index in [0.717, 1.165) is 5.56 Å². The van der Waals surface area contributed by atoms with Gasteiger partial charge in [-0.1, -0.05) is 31.5 Å². The first-order valence-electron chi connectivity index (χ1n) is 8.57. The molecule has 1 unspecified atom stereocenters. The SMILES string of the molecule is Cc1ccc(S(=O)OCC(C)(C)CC(C)(C)C(=O)OC(C)(C)C)cc1. The van der Waals surface area contributed by atoms with Crippen LogP contribution in [0.1, 0.15) is 60.5 Å². The molecule has 142 valence electrons. The molecule has 0 aliphatic heterocycles. The molecule has 0 fully saturated rings. The predicted octanol–water partition coefficient (Wildman–Crippen LogP) is 4.82. The van der Waals surface area contributed by atoms with Crippen LogP contribution in [0.15, 0.2) is 29.2 Å². The fourth-order valence-corrected chi connectivity index (χ4v) is 3.59. The Morgan fingerprint density at radius 1 is 1.00 bits per heavy atom. The fourth-order valence-electron chi connectivity index (χ4n) is 2.67. The van der Waals surface area contributed by atoms with Crippen LogP contribution in [0.5, 0.6) is 0 Å². The zero-order valence-electron chi connectivity index (χ0n) is 16.8. The Morgan fingerprint density at radius 2 is 1.52 bits per heavy atom. The lowest BCUT2D eigenvalue weighted by Gasteiger charge is -2.34. The van der Waals surface area contributed by atoms with E-state index in [1.54, 1.807) is 0 Å². The normalized spacial score (nSPS) is 14.2. The second-order valence-corrected chi connectivity index (χ2v) is 10.2. The zero-order valence-corrected chi connectivity index (χ0v) is 17.6. The van der Waals surface area contributed by atoms with Crippen molar-refractivity contribution in [2.45, 2.75) is 72.3 Å². The monoisotopic (exact) mass is 368 g/mol. The average molecular weight is 369 g/mol. The first-order chi connectivity index (χ1) is 11.2. The summed E-state index contributed by atoms with van der Waals surface area (Å²) in [6.07, 6.45) is 0.569. The molecule has 0 aliphatic carbocycles. The summed E-state index contributed by atoms with van der Waals surface area (Å²) in [6.45, 7) is 15.6. The third kappa shape index (κ3) is 7.70. The van der Waals surface area contributed by atoms with Gasteiger partial charge in [0.1, 0.15) is 5.60 Å². The number of benzene rings is 1. The van der Waals surface area contributed by atoms with E-state index in [1.807, 2.05) is 79.7 Å². The van der Waals surface area contributed by atoms with Gasteiger partial charge in [0.2, 0.25) is 0 Å². The van der Waals surface area contributed by atoms with Crippen molar-refractivity contribution in [1.29, 1.82) is 0 Å². The summed E-state index contributed by atoms with van der Waals surface area (Å²) in [4.78, 5) is 13.1.